The molecule has 6 heteroatoms. The summed E-state index contributed by atoms with van der Waals surface area (Å²) >= 11 is 0. The average Bonchev–Trinajstić information content (AvgIpc) is 3.26. The minimum absolute atomic E-state index is 0.107. The predicted molar refractivity (Wildman–Crippen MR) is 86.5 cm³/mol. The molecule has 0 amide bonds. The van der Waals surface area contributed by atoms with Gasteiger partial charge in [0.25, 0.3) is 0 Å². The van der Waals surface area contributed by atoms with Gasteiger partial charge in [-0.05, 0) is 24.5 Å². The van der Waals surface area contributed by atoms with E-state index in [0.29, 0.717) is 5.56 Å². The number of carbonyl (C=O) groups excluding carboxylic acids is 1. The summed E-state index contributed by atoms with van der Waals surface area (Å²) in [6, 6.07) is 9.36. The van der Waals surface area contributed by atoms with Crippen LogP contribution >= 0.6 is 0 Å². The van der Waals surface area contributed by atoms with E-state index in [9.17, 15) is 18.5 Å². The molecule has 3 atom stereocenters. The van der Waals surface area contributed by atoms with Gasteiger partial charge in [0.15, 0.2) is 15.3 Å². The van der Waals surface area contributed by atoms with Gasteiger partial charge in [0.1, 0.15) is 5.25 Å². The second kappa shape index (κ2) is 6.32. The Bertz CT molecular complexity index is 733. The van der Waals surface area contributed by atoms with Gasteiger partial charge in [-0.1, -0.05) is 38.1 Å². The molecule has 0 heterocycles. The van der Waals surface area contributed by atoms with Gasteiger partial charge in [0, 0.05) is 11.7 Å². The van der Waals surface area contributed by atoms with Crippen molar-refractivity contribution in [2.24, 2.45) is 5.41 Å². The van der Waals surface area contributed by atoms with Gasteiger partial charge in [-0.15, -0.1) is 0 Å². The quantitative estimate of drug-likeness (QED) is 0.744. The van der Waals surface area contributed by atoms with Crippen molar-refractivity contribution in [1.82, 2.24) is 0 Å². The second-order valence-electron chi connectivity index (χ2n) is 5.65. The zero-order valence-electron chi connectivity index (χ0n) is 13.6. The Morgan fingerprint density at radius 3 is 2.30 bits per heavy atom. The SMILES string of the molecule is CCOC(=O)[C@@]1(C#N)[C@H](c2ccc(CC)cc2)[C@@H]1S(=O)(=O)CC. The highest BCUT2D eigenvalue weighted by Gasteiger charge is 2.77. The monoisotopic (exact) mass is 335 g/mol. The molecule has 2 rings (SSSR count). The molecule has 1 aliphatic carbocycles. The Morgan fingerprint density at radius 1 is 1.26 bits per heavy atom. The van der Waals surface area contributed by atoms with Crippen LogP contribution in [0.15, 0.2) is 24.3 Å². The molecule has 23 heavy (non-hydrogen) atoms. The van der Waals surface area contributed by atoms with Crippen LogP contribution in [0.2, 0.25) is 0 Å². The summed E-state index contributed by atoms with van der Waals surface area (Å²) in [5.74, 6) is -1.51. The van der Waals surface area contributed by atoms with Gasteiger partial charge in [-0.3, -0.25) is 4.79 Å². The van der Waals surface area contributed by atoms with E-state index in [4.69, 9.17) is 4.74 Å². The van der Waals surface area contributed by atoms with Crippen molar-refractivity contribution in [2.45, 2.75) is 38.4 Å². The molecular formula is C17H21NO4S. The molecular weight excluding hydrogens is 314 g/mol. The van der Waals surface area contributed by atoms with Crippen molar-refractivity contribution in [3.05, 3.63) is 35.4 Å². The average molecular weight is 335 g/mol. The van der Waals surface area contributed by atoms with Crippen LogP contribution in [-0.2, 0) is 25.8 Å². The topological polar surface area (TPSA) is 84.2 Å². The fourth-order valence-corrected chi connectivity index (χ4v) is 5.03. The third-order valence-electron chi connectivity index (χ3n) is 4.47. The standard InChI is InChI=1S/C17H21NO4S/c1-4-12-7-9-13(10-8-12)14-15(23(20,21)6-3)17(14,11-18)16(19)22-5-2/h7-10,14-15H,4-6H2,1-3H3/t14-,15+,17+/m1/s1. The molecule has 0 radical (unpaired) electrons. The highest BCUT2D eigenvalue weighted by molar-refractivity contribution is 7.92. The number of carbonyl (C=O) groups is 1. The molecule has 0 bridgehead atoms. The molecule has 1 aromatic rings. The Balaban J connectivity index is 2.50. The molecule has 124 valence electrons. The van der Waals surface area contributed by atoms with E-state index in [0.717, 1.165) is 12.0 Å². The lowest BCUT2D eigenvalue weighted by Crippen LogP contribution is -2.26. The van der Waals surface area contributed by atoms with Crippen LogP contribution in [0.5, 0.6) is 0 Å². The number of ether oxygens (including phenoxy) is 1. The molecule has 1 saturated carbocycles. The second-order valence-corrected chi connectivity index (χ2v) is 8.06. The largest absolute Gasteiger partial charge is 0.465 e. The fraction of sp³-hybridized carbons (Fsp3) is 0.529. The van der Waals surface area contributed by atoms with Crippen molar-refractivity contribution in [3.8, 4) is 6.07 Å². The molecule has 5 nitrogen and oxygen atoms in total. The first kappa shape index (κ1) is 17.5. The number of benzene rings is 1. The molecule has 0 N–H and O–H groups in total. The number of nitrogens with zero attached hydrogens (tertiary/aromatic N) is 1. The summed E-state index contributed by atoms with van der Waals surface area (Å²) in [6.07, 6.45) is 0.864. The van der Waals surface area contributed by atoms with Crippen LogP contribution in [0, 0.1) is 16.7 Å². The van der Waals surface area contributed by atoms with Crippen LogP contribution < -0.4 is 0 Å². The lowest BCUT2D eigenvalue weighted by atomic mass is 9.99. The van der Waals surface area contributed by atoms with E-state index in [1.54, 1.807) is 19.1 Å². The molecule has 0 aromatic heterocycles. The maximum Gasteiger partial charge on any atom is 0.328 e. The summed E-state index contributed by atoms with van der Waals surface area (Å²) in [4.78, 5) is 12.3. The number of sulfone groups is 1. The summed E-state index contributed by atoms with van der Waals surface area (Å²) in [5, 5.41) is 8.57. The Morgan fingerprint density at radius 2 is 1.87 bits per heavy atom. The van der Waals surface area contributed by atoms with Crippen LogP contribution in [0.1, 0.15) is 37.8 Å². The number of nitriles is 1. The third-order valence-corrected chi connectivity index (χ3v) is 6.69. The fourth-order valence-electron chi connectivity index (χ4n) is 3.10. The van der Waals surface area contributed by atoms with Crippen molar-refractivity contribution in [3.63, 3.8) is 0 Å². The van der Waals surface area contributed by atoms with E-state index in [1.165, 1.54) is 6.92 Å². The summed E-state index contributed by atoms with van der Waals surface area (Å²) in [7, 11) is -3.54. The van der Waals surface area contributed by atoms with E-state index >= 15 is 0 Å². The zero-order chi connectivity index (χ0) is 17.3. The number of aryl methyl sites for hydroxylation is 1. The van der Waals surface area contributed by atoms with Gasteiger partial charge >= 0.3 is 5.97 Å². The predicted octanol–water partition coefficient (Wildman–Crippen LogP) is 2.22. The minimum atomic E-state index is -3.54. The molecule has 1 aliphatic rings. The van der Waals surface area contributed by atoms with E-state index < -0.39 is 32.4 Å². The lowest BCUT2D eigenvalue weighted by Gasteiger charge is -2.08. The van der Waals surface area contributed by atoms with Crippen LogP contribution in [0.25, 0.3) is 0 Å². The van der Waals surface area contributed by atoms with Crippen molar-refractivity contribution >= 4 is 15.8 Å². The van der Waals surface area contributed by atoms with E-state index in [-0.39, 0.29) is 12.4 Å². The van der Waals surface area contributed by atoms with E-state index in [2.05, 4.69) is 0 Å². The Hall–Kier alpha value is -1.87. The number of rotatable bonds is 6. The first-order valence-corrected chi connectivity index (χ1v) is 9.49. The third kappa shape index (κ3) is 2.74. The highest BCUT2D eigenvalue weighted by atomic mass is 32.2. The van der Waals surface area contributed by atoms with Crippen molar-refractivity contribution in [1.29, 1.82) is 5.26 Å². The normalized spacial score (nSPS) is 26.3. The van der Waals surface area contributed by atoms with Gasteiger partial charge in [0.05, 0.1) is 12.7 Å². The lowest BCUT2D eigenvalue weighted by molar-refractivity contribution is -0.147. The minimum Gasteiger partial charge on any atom is -0.465 e. The molecule has 1 fully saturated rings. The highest BCUT2D eigenvalue weighted by Crippen LogP contribution is 2.63. The van der Waals surface area contributed by atoms with Gasteiger partial charge in [0.2, 0.25) is 0 Å². The van der Waals surface area contributed by atoms with Crippen LogP contribution in [-0.4, -0.2) is 32.0 Å². The first-order valence-electron chi connectivity index (χ1n) is 7.77. The smallest absolute Gasteiger partial charge is 0.328 e. The molecule has 0 spiro atoms. The van der Waals surface area contributed by atoms with Crippen LogP contribution in [0.4, 0.5) is 0 Å². The number of hydrogen-bond donors (Lipinski definition) is 0. The van der Waals surface area contributed by atoms with Crippen molar-refractivity contribution in [2.75, 3.05) is 12.4 Å². The summed E-state index contributed by atoms with van der Waals surface area (Å²) < 4.78 is 29.8. The van der Waals surface area contributed by atoms with Gasteiger partial charge < -0.3 is 4.74 Å². The molecule has 0 saturated heterocycles. The van der Waals surface area contributed by atoms with Gasteiger partial charge in [-0.25, -0.2) is 8.42 Å². The summed E-state index contributed by atoms with van der Waals surface area (Å²) in [5.41, 5.74) is 0.181. The first-order chi connectivity index (χ1) is 10.9. The van der Waals surface area contributed by atoms with Crippen molar-refractivity contribution < 1.29 is 17.9 Å². The van der Waals surface area contributed by atoms with Crippen LogP contribution in [0.3, 0.4) is 0 Å². The summed E-state index contributed by atoms with van der Waals surface area (Å²) in [6.45, 7) is 5.30. The molecule has 0 unspecified atom stereocenters. The van der Waals surface area contributed by atoms with Gasteiger partial charge in [-0.2, -0.15) is 5.26 Å². The molecule has 0 aliphatic heterocycles. The molecule has 1 aromatic carbocycles. The Kier molecular flexibility index (Phi) is 4.81. The maximum absolute atomic E-state index is 12.4. The maximum atomic E-state index is 12.4. The number of hydrogen-bond acceptors (Lipinski definition) is 5. The Labute approximate surface area is 137 Å². The number of esters is 1. The zero-order valence-corrected chi connectivity index (χ0v) is 14.4. The van der Waals surface area contributed by atoms with E-state index in [1.807, 2.05) is 25.1 Å².